The number of nitrogens with one attached hydrogen (secondary N) is 2. The van der Waals surface area contributed by atoms with Gasteiger partial charge in [0.15, 0.2) is 24.0 Å². The van der Waals surface area contributed by atoms with Crippen LogP contribution in [0.15, 0.2) is 42.9 Å². The number of nitrogens with two attached hydrogens (primary N) is 1. The molecule has 2 aromatic rings. The number of phenolic OH excluding ortho intramolecular Hbond substituents is 1. The van der Waals surface area contributed by atoms with Crippen molar-refractivity contribution in [3.8, 4) is 11.5 Å². The summed E-state index contributed by atoms with van der Waals surface area (Å²) in [5.41, 5.74) is 10.3. The van der Waals surface area contributed by atoms with Crippen LogP contribution in [-0.4, -0.2) is 46.7 Å². The van der Waals surface area contributed by atoms with Crippen molar-refractivity contribution in [1.82, 2.24) is 10.3 Å². The molecule has 236 valence electrons. The summed E-state index contributed by atoms with van der Waals surface area (Å²) in [4.78, 5) is 31.7. The van der Waals surface area contributed by atoms with Crippen LogP contribution in [0.1, 0.15) is 92.2 Å². The quantitative estimate of drug-likeness (QED) is 0.259. The molecule has 2 aliphatic heterocycles. The zero-order chi connectivity index (χ0) is 31.1. The summed E-state index contributed by atoms with van der Waals surface area (Å²) in [6, 6.07) is 5.63. The van der Waals surface area contributed by atoms with E-state index >= 15 is 0 Å². The number of anilines is 1. The number of carbonyl (C=O) groups is 2. The van der Waals surface area contributed by atoms with Crippen LogP contribution in [0.3, 0.4) is 0 Å². The normalized spacial score (nSPS) is 24.6. The number of nitrogen functional groups attached to an aromatic ring is 1. The summed E-state index contributed by atoms with van der Waals surface area (Å²) in [5, 5.41) is 14.2. The molecule has 2 bridgehead atoms. The second-order valence-electron chi connectivity index (χ2n) is 12.3. The van der Waals surface area contributed by atoms with Crippen molar-refractivity contribution in [3.63, 3.8) is 0 Å². The van der Waals surface area contributed by atoms with Crippen LogP contribution in [0.4, 0.5) is 5.82 Å². The zero-order valence-corrected chi connectivity index (χ0v) is 27.4. The maximum absolute atomic E-state index is 12.8. The fourth-order valence-corrected chi connectivity index (χ4v) is 10.5. The number of aromatic hydroxyl groups is 1. The summed E-state index contributed by atoms with van der Waals surface area (Å²) in [6.45, 7) is 3.04. The number of benzene rings is 1. The first kappa shape index (κ1) is 32.4. The molecule has 1 aromatic heterocycles. The van der Waals surface area contributed by atoms with Gasteiger partial charge in [-0.2, -0.15) is 0 Å². The monoisotopic (exact) mass is 637 g/mol. The largest absolute Gasteiger partial charge is 0.504 e. The van der Waals surface area contributed by atoms with Crippen molar-refractivity contribution in [1.29, 1.82) is 0 Å². The molecule has 3 heterocycles. The van der Waals surface area contributed by atoms with E-state index in [1.165, 1.54) is 37.3 Å². The SMILES string of the molecule is CCC1CCC(=O)CC(=O)C=Cc2cc(OC)c(O)cc2Cc2cnc(N)c(c2)C(C2([NH+]3C=CNC3)CCCCC2)SSC1. The number of quaternary nitrogens is 1. The van der Waals surface area contributed by atoms with E-state index in [1.54, 1.807) is 18.2 Å². The number of ether oxygens (including phenoxy) is 1. The number of methoxy groups -OCH3 is 1. The van der Waals surface area contributed by atoms with E-state index in [0.717, 1.165) is 60.4 Å². The average molecular weight is 638 g/mol. The minimum Gasteiger partial charge on any atom is -0.504 e. The van der Waals surface area contributed by atoms with E-state index in [0.29, 0.717) is 30.3 Å². The third-order valence-corrected chi connectivity index (χ3v) is 12.4. The van der Waals surface area contributed by atoms with Gasteiger partial charge in [-0.1, -0.05) is 47.4 Å². The molecule has 3 aliphatic rings. The Balaban J connectivity index is 1.60. The molecular weight excluding hydrogens is 593 g/mol. The van der Waals surface area contributed by atoms with Gasteiger partial charge in [-0.05, 0) is 72.6 Å². The van der Waals surface area contributed by atoms with Crippen LogP contribution in [0, 0.1) is 5.92 Å². The van der Waals surface area contributed by atoms with E-state index in [1.807, 2.05) is 27.8 Å². The van der Waals surface area contributed by atoms with Gasteiger partial charge >= 0.3 is 0 Å². The fraction of sp³-hybridized carbons (Fsp3) is 0.500. The summed E-state index contributed by atoms with van der Waals surface area (Å²) in [5.74, 6) is 1.98. The van der Waals surface area contributed by atoms with Gasteiger partial charge in [0.05, 0.1) is 25.0 Å². The summed E-state index contributed by atoms with van der Waals surface area (Å²) < 4.78 is 5.37. The molecule has 8 nitrogen and oxygen atoms in total. The van der Waals surface area contributed by atoms with Gasteiger partial charge in [0.25, 0.3) is 0 Å². The predicted octanol–water partition coefficient (Wildman–Crippen LogP) is 5.37. The number of hydrogen-bond acceptors (Lipinski definition) is 9. The van der Waals surface area contributed by atoms with Gasteiger partial charge in [-0.3, -0.25) is 14.5 Å². The lowest BCUT2D eigenvalue weighted by Crippen LogP contribution is -3.17. The molecule has 1 aliphatic carbocycles. The molecule has 0 spiro atoms. The van der Waals surface area contributed by atoms with Gasteiger partial charge in [0.2, 0.25) is 0 Å². The van der Waals surface area contributed by atoms with Crippen molar-refractivity contribution < 1.29 is 24.3 Å². The summed E-state index contributed by atoms with van der Waals surface area (Å²) in [7, 11) is 5.30. The van der Waals surface area contributed by atoms with Crippen LogP contribution < -0.4 is 20.7 Å². The third kappa shape index (κ3) is 7.46. The molecule has 44 heavy (non-hydrogen) atoms. The van der Waals surface area contributed by atoms with E-state index in [-0.39, 0.29) is 34.5 Å². The number of rotatable bonds is 4. The number of ketones is 2. The number of pyridine rings is 1. The molecule has 0 radical (unpaired) electrons. The van der Waals surface area contributed by atoms with Gasteiger partial charge < -0.3 is 20.9 Å². The van der Waals surface area contributed by atoms with Crippen LogP contribution in [0.25, 0.3) is 6.08 Å². The minimum absolute atomic E-state index is 0.0230. The standard InChI is InChI=1S/C34H44N4O4S2/c1-3-23-7-9-27(39)19-28(40)10-8-25-18-31(42-2)30(41)17-26(25)15-24-16-29(33(35)37-20-24)32(44-43-21-23)34(11-5-4-6-12-34)38-14-13-36-22-38/h8,10,13-14,16-18,20,23,32,36,41H,3-7,9,11-12,15,19,21-22H2,1-2H3,(H2,35,37)/p+1. The Labute approximate surface area is 268 Å². The van der Waals surface area contributed by atoms with Crippen molar-refractivity contribution in [3.05, 3.63) is 65.1 Å². The molecule has 1 fully saturated rings. The molecular formula is C34H45N4O4S2+. The highest BCUT2D eigenvalue weighted by atomic mass is 33.1. The lowest BCUT2D eigenvalue weighted by molar-refractivity contribution is -0.903. The Morgan fingerprint density at radius 3 is 2.70 bits per heavy atom. The van der Waals surface area contributed by atoms with Crippen LogP contribution >= 0.6 is 21.6 Å². The van der Waals surface area contributed by atoms with Crippen LogP contribution in [0.2, 0.25) is 0 Å². The highest BCUT2D eigenvalue weighted by Gasteiger charge is 2.50. The van der Waals surface area contributed by atoms with Crippen molar-refractivity contribution >= 4 is 45.0 Å². The van der Waals surface area contributed by atoms with Crippen molar-refractivity contribution in [2.24, 2.45) is 5.92 Å². The average Bonchev–Trinajstić information content (AvgIpc) is 3.57. The number of allylic oxidation sites excluding steroid dienone is 1. The Hall–Kier alpha value is -2.95. The Morgan fingerprint density at radius 2 is 1.98 bits per heavy atom. The van der Waals surface area contributed by atoms with E-state index in [4.69, 9.17) is 15.5 Å². The summed E-state index contributed by atoms with van der Waals surface area (Å²) in [6.07, 6.45) is 17.7. The van der Waals surface area contributed by atoms with Gasteiger partial charge in [-0.25, -0.2) is 4.98 Å². The summed E-state index contributed by atoms with van der Waals surface area (Å²) >= 11 is 0. The maximum atomic E-state index is 12.8. The highest BCUT2D eigenvalue weighted by molar-refractivity contribution is 8.76. The van der Waals surface area contributed by atoms with Crippen LogP contribution in [0.5, 0.6) is 11.5 Å². The van der Waals surface area contributed by atoms with Gasteiger partial charge in [0, 0.05) is 36.8 Å². The number of carbonyl (C=O) groups excluding carboxylic acids is 2. The second kappa shape index (κ2) is 14.9. The Morgan fingerprint density at radius 1 is 1.16 bits per heavy atom. The zero-order valence-electron chi connectivity index (χ0n) is 25.8. The van der Waals surface area contributed by atoms with E-state index in [2.05, 4.69) is 30.7 Å². The lowest BCUT2D eigenvalue weighted by atomic mass is 9.75. The lowest BCUT2D eigenvalue weighted by Gasteiger charge is -2.45. The topological polar surface area (TPSA) is 119 Å². The van der Waals surface area contributed by atoms with Gasteiger partial charge in [-0.15, -0.1) is 0 Å². The van der Waals surface area contributed by atoms with E-state index < -0.39 is 0 Å². The molecule has 0 saturated heterocycles. The predicted molar refractivity (Wildman–Crippen MR) is 180 cm³/mol. The number of nitrogens with zero attached hydrogens (tertiary/aromatic N) is 1. The maximum Gasteiger partial charge on any atom is 0.163 e. The number of fused-ring (bicyclic) bond motifs is 3. The van der Waals surface area contributed by atoms with E-state index in [9.17, 15) is 14.7 Å². The molecule has 5 rings (SSSR count). The molecule has 1 saturated carbocycles. The number of aromatic nitrogens is 1. The smallest absolute Gasteiger partial charge is 0.163 e. The minimum atomic E-state index is -0.225. The van der Waals surface area contributed by atoms with Crippen LogP contribution in [-0.2, 0) is 16.0 Å². The molecule has 3 atom stereocenters. The number of Topliss-reactive ketones (excluding diaryl/α,β-unsaturated/α-hetero) is 1. The first-order valence-electron chi connectivity index (χ1n) is 15.7. The number of phenols is 1. The fourth-order valence-electron chi connectivity index (χ4n) is 6.77. The first-order chi connectivity index (χ1) is 21.3. The molecule has 10 heteroatoms. The Kier molecular flexibility index (Phi) is 11.0. The van der Waals surface area contributed by atoms with Crippen molar-refractivity contribution in [2.45, 2.75) is 81.9 Å². The highest BCUT2D eigenvalue weighted by Crippen LogP contribution is 2.51. The van der Waals surface area contributed by atoms with Crippen molar-refractivity contribution in [2.75, 3.05) is 25.3 Å². The molecule has 5 N–H and O–H groups in total. The molecule has 1 aromatic carbocycles. The third-order valence-electron chi connectivity index (χ3n) is 9.40. The van der Waals surface area contributed by atoms with Gasteiger partial charge in [0.1, 0.15) is 23.3 Å². The Bertz CT molecular complexity index is 1410. The second-order valence-corrected chi connectivity index (χ2v) is 14.8. The first-order valence-corrected chi connectivity index (χ1v) is 18.1. The molecule has 0 amide bonds. The molecule has 3 unspecified atom stereocenters. The number of hydrogen-bond donors (Lipinski definition) is 4.